The Morgan fingerprint density at radius 2 is 1.79 bits per heavy atom. The zero-order valence-electron chi connectivity index (χ0n) is 11.1. The van der Waals surface area contributed by atoms with Gasteiger partial charge in [0.05, 0.1) is 6.61 Å². The second kappa shape index (κ2) is 7.83. The Morgan fingerprint density at radius 1 is 1.11 bits per heavy atom. The van der Waals surface area contributed by atoms with E-state index >= 15 is 0 Å². The van der Waals surface area contributed by atoms with Crippen LogP contribution in [0.25, 0.3) is 0 Å². The van der Waals surface area contributed by atoms with Gasteiger partial charge in [-0.05, 0) is 30.4 Å². The van der Waals surface area contributed by atoms with Crippen molar-refractivity contribution >= 4 is 24.3 Å². The predicted octanol–water partition coefficient (Wildman–Crippen LogP) is 1.81. The quantitative estimate of drug-likeness (QED) is 0.616. The second-order valence-electron chi connectivity index (χ2n) is 4.92. The highest BCUT2D eigenvalue weighted by Gasteiger charge is 2.13. The lowest BCUT2D eigenvalue weighted by molar-refractivity contribution is 0.343. The highest BCUT2D eigenvalue weighted by Crippen LogP contribution is 2.27. The zero-order chi connectivity index (χ0) is 13.5. The van der Waals surface area contributed by atoms with Gasteiger partial charge in [0.25, 0.3) is 0 Å². The van der Waals surface area contributed by atoms with Crippen molar-refractivity contribution in [3.63, 3.8) is 0 Å². The summed E-state index contributed by atoms with van der Waals surface area (Å²) in [6.07, 6.45) is 6.87. The van der Waals surface area contributed by atoms with Crippen LogP contribution >= 0.6 is 11.8 Å². The van der Waals surface area contributed by atoms with Crippen molar-refractivity contribution in [2.45, 2.75) is 37.4 Å². The summed E-state index contributed by atoms with van der Waals surface area (Å²) in [5, 5.41) is 18.8. The number of hydrogen-bond acceptors (Lipinski definition) is 4. The lowest BCUT2D eigenvalue weighted by atomic mass is 9.80. The van der Waals surface area contributed by atoms with Crippen LogP contribution in [0, 0.1) is 0 Å². The molecule has 104 valence electrons. The lowest BCUT2D eigenvalue weighted by Gasteiger charge is -2.20. The molecule has 0 atom stereocenters. The molecule has 2 rings (SSSR count). The molecule has 5 heteroatoms. The molecule has 3 nitrogen and oxygen atoms in total. The average molecular weight is 280 g/mol. The standard InChI is InChI=1S/C14H21BO3S/c16-15(17)12-6-8-13(9-7-12)18-10-11-19-14-4-2-1-3-5-14/h6-9,14,16-17H,1-5,10-11H2. The van der Waals surface area contributed by atoms with Gasteiger partial charge in [-0.3, -0.25) is 0 Å². The number of ether oxygens (including phenoxy) is 1. The number of hydrogen-bond donors (Lipinski definition) is 2. The van der Waals surface area contributed by atoms with Crippen molar-refractivity contribution in [1.82, 2.24) is 0 Å². The van der Waals surface area contributed by atoms with Crippen LogP contribution in [-0.4, -0.2) is 34.8 Å². The fourth-order valence-corrected chi connectivity index (χ4v) is 3.52. The van der Waals surface area contributed by atoms with Gasteiger partial charge in [0.15, 0.2) is 0 Å². The van der Waals surface area contributed by atoms with Gasteiger partial charge in [0.2, 0.25) is 0 Å². The summed E-state index contributed by atoms with van der Waals surface area (Å²) in [5.41, 5.74) is 0.490. The molecule has 0 aromatic heterocycles. The van der Waals surface area contributed by atoms with Crippen LogP contribution in [0.5, 0.6) is 5.75 Å². The Morgan fingerprint density at radius 3 is 2.42 bits per heavy atom. The maximum absolute atomic E-state index is 8.98. The van der Waals surface area contributed by atoms with Gasteiger partial charge in [0, 0.05) is 11.0 Å². The van der Waals surface area contributed by atoms with Crippen LogP contribution in [0.3, 0.4) is 0 Å². The molecule has 1 aromatic carbocycles. The van der Waals surface area contributed by atoms with Gasteiger partial charge in [-0.15, -0.1) is 0 Å². The Balaban J connectivity index is 1.64. The molecular weight excluding hydrogens is 259 g/mol. The van der Waals surface area contributed by atoms with E-state index in [9.17, 15) is 0 Å². The molecule has 0 unspecified atom stereocenters. The minimum absolute atomic E-state index is 0.490. The van der Waals surface area contributed by atoms with E-state index in [0.717, 1.165) is 16.8 Å². The highest BCUT2D eigenvalue weighted by molar-refractivity contribution is 7.99. The molecule has 0 bridgehead atoms. The Kier molecular flexibility index (Phi) is 6.08. The van der Waals surface area contributed by atoms with Gasteiger partial charge in [0.1, 0.15) is 5.75 Å². The smallest absolute Gasteiger partial charge is 0.488 e. The Hall–Kier alpha value is -0.645. The summed E-state index contributed by atoms with van der Waals surface area (Å²) in [6.45, 7) is 0.711. The fraction of sp³-hybridized carbons (Fsp3) is 0.571. The fourth-order valence-electron chi connectivity index (χ4n) is 2.34. The largest absolute Gasteiger partial charge is 0.493 e. The first kappa shape index (κ1) is 14.8. The van der Waals surface area contributed by atoms with E-state index in [2.05, 4.69) is 0 Å². The normalized spacial score (nSPS) is 16.3. The molecule has 1 aliphatic rings. The summed E-state index contributed by atoms with van der Waals surface area (Å²) in [4.78, 5) is 0. The van der Waals surface area contributed by atoms with Crippen molar-refractivity contribution in [3.05, 3.63) is 24.3 Å². The molecule has 0 spiro atoms. The summed E-state index contributed by atoms with van der Waals surface area (Å²) in [7, 11) is -1.41. The van der Waals surface area contributed by atoms with Crippen molar-refractivity contribution in [2.24, 2.45) is 0 Å². The molecule has 1 saturated carbocycles. The van der Waals surface area contributed by atoms with Crippen LogP contribution < -0.4 is 10.2 Å². The highest BCUT2D eigenvalue weighted by atomic mass is 32.2. The van der Waals surface area contributed by atoms with Gasteiger partial charge in [-0.2, -0.15) is 11.8 Å². The van der Waals surface area contributed by atoms with E-state index < -0.39 is 7.12 Å². The summed E-state index contributed by atoms with van der Waals surface area (Å²) >= 11 is 2.02. The summed E-state index contributed by atoms with van der Waals surface area (Å²) < 4.78 is 5.65. The van der Waals surface area contributed by atoms with Crippen molar-refractivity contribution < 1.29 is 14.8 Å². The second-order valence-corrected chi connectivity index (χ2v) is 6.33. The molecule has 1 fully saturated rings. The molecule has 0 saturated heterocycles. The van der Waals surface area contributed by atoms with E-state index in [-0.39, 0.29) is 0 Å². The number of benzene rings is 1. The SMILES string of the molecule is OB(O)c1ccc(OCCSC2CCCCC2)cc1. The van der Waals surface area contributed by atoms with Crippen LogP contribution in [0.1, 0.15) is 32.1 Å². The summed E-state index contributed by atoms with van der Waals surface area (Å²) in [5.74, 6) is 1.81. The number of rotatable bonds is 6. The third-order valence-corrected chi connectivity index (χ3v) is 4.78. The number of thioether (sulfide) groups is 1. The third kappa shape index (κ3) is 5.09. The van der Waals surface area contributed by atoms with E-state index in [1.54, 1.807) is 24.3 Å². The maximum atomic E-state index is 8.98. The molecule has 1 aliphatic carbocycles. The van der Waals surface area contributed by atoms with Gasteiger partial charge < -0.3 is 14.8 Å². The van der Waals surface area contributed by atoms with E-state index in [1.165, 1.54) is 32.1 Å². The zero-order valence-corrected chi connectivity index (χ0v) is 11.9. The van der Waals surface area contributed by atoms with Crippen LogP contribution in [0.2, 0.25) is 0 Å². The van der Waals surface area contributed by atoms with Crippen molar-refractivity contribution in [3.8, 4) is 5.75 Å². The Bertz CT molecular complexity index is 363. The van der Waals surface area contributed by atoms with Crippen molar-refractivity contribution in [2.75, 3.05) is 12.4 Å². The van der Waals surface area contributed by atoms with Gasteiger partial charge in [-0.1, -0.05) is 31.4 Å². The molecule has 2 N–H and O–H groups in total. The first-order valence-electron chi connectivity index (χ1n) is 6.96. The molecule has 0 heterocycles. The minimum Gasteiger partial charge on any atom is -0.493 e. The van der Waals surface area contributed by atoms with Gasteiger partial charge in [-0.25, -0.2) is 0 Å². The molecule has 0 radical (unpaired) electrons. The molecule has 19 heavy (non-hydrogen) atoms. The minimum atomic E-state index is -1.41. The average Bonchev–Trinajstić information content (AvgIpc) is 2.45. The first-order chi connectivity index (χ1) is 9.25. The Labute approximate surface area is 119 Å². The van der Waals surface area contributed by atoms with Gasteiger partial charge >= 0.3 is 7.12 Å². The van der Waals surface area contributed by atoms with E-state index in [0.29, 0.717) is 12.1 Å². The van der Waals surface area contributed by atoms with E-state index in [4.69, 9.17) is 14.8 Å². The topological polar surface area (TPSA) is 49.7 Å². The maximum Gasteiger partial charge on any atom is 0.488 e. The van der Waals surface area contributed by atoms with Crippen LogP contribution in [0.15, 0.2) is 24.3 Å². The molecule has 1 aromatic rings. The van der Waals surface area contributed by atoms with E-state index in [1.807, 2.05) is 11.8 Å². The van der Waals surface area contributed by atoms with Crippen molar-refractivity contribution in [1.29, 1.82) is 0 Å². The molecular formula is C14H21BO3S. The third-order valence-electron chi connectivity index (χ3n) is 3.44. The van der Waals surface area contributed by atoms with Crippen LogP contribution in [0.4, 0.5) is 0 Å². The monoisotopic (exact) mass is 280 g/mol. The molecule has 0 aliphatic heterocycles. The predicted molar refractivity (Wildman–Crippen MR) is 81.1 cm³/mol. The molecule has 0 amide bonds. The van der Waals surface area contributed by atoms with Crippen LogP contribution in [-0.2, 0) is 0 Å². The lowest BCUT2D eigenvalue weighted by Crippen LogP contribution is -2.29. The first-order valence-corrected chi connectivity index (χ1v) is 8.01. The summed E-state index contributed by atoms with van der Waals surface area (Å²) in [6, 6.07) is 6.91.